The fourth-order valence-corrected chi connectivity index (χ4v) is 2.61. The molecule has 2 amide bonds. The van der Waals surface area contributed by atoms with Crippen LogP contribution < -0.4 is 0 Å². The molecule has 1 aromatic rings. The van der Waals surface area contributed by atoms with E-state index in [9.17, 15) is 9.59 Å². The first kappa shape index (κ1) is 20.5. The maximum absolute atomic E-state index is 12.5. The Labute approximate surface area is 150 Å². The highest BCUT2D eigenvalue weighted by atomic mass is 35.5. The van der Waals surface area contributed by atoms with Gasteiger partial charge in [-0.3, -0.25) is 14.5 Å². The van der Waals surface area contributed by atoms with Crippen LogP contribution in [0, 0.1) is 0 Å². The Bertz CT molecular complexity index is 544. The summed E-state index contributed by atoms with van der Waals surface area (Å²) in [5.41, 5.74) is 1.03. The van der Waals surface area contributed by atoms with E-state index >= 15 is 0 Å². The summed E-state index contributed by atoms with van der Waals surface area (Å²) in [5.74, 6) is 0.0241. The molecule has 1 unspecified atom stereocenters. The van der Waals surface area contributed by atoms with E-state index in [4.69, 9.17) is 11.6 Å². The molecule has 0 aromatic heterocycles. The van der Waals surface area contributed by atoms with Gasteiger partial charge >= 0.3 is 0 Å². The second kappa shape index (κ2) is 9.64. The molecule has 134 valence electrons. The average molecular weight is 354 g/mol. The maximum atomic E-state index is 12.5. The monoisotopic (exact) mass is 353 g/mol. The molecular formula is C18H28ClN3O2. The fraction of sp³-hybridized carbons (Fsp3) is 0.556. The minimum Gasteiger partial charge on any atom is -0.342 e. The zero-order valence-corrected chi connectivity index (χ0v) is 16.0. The molecule has 0 fully saturated rings. The quantitative estimate of drug-likeness (QED) is 0.721. The van der Waals surface area contributed by atoms with Crippen molar-refractivity contribution >= 4 is 23.4 Å². The molecular weight excluding hydrogens is 326 g/mol. The molecule has 0 aliphatic carbocycles. The number of benzene rings is 1. The van der Waals surface area contributed by atoms with E-state index < -0.39 is 0 Å². The van der Waals surface area contributed by atoms with Crippen LogP contribution in [0.3, 0.4) is 0 Å². The van der Waals surface area contributed by atoms with Gasteiger partial charge in [-0.2, -0.15) is 0 Å². The Morgan fingerprint density at radius 1 is 1.00 bits per heavy atom. The van der Waals surface area contributed by atoms with Crippen LogP contribution in [0.15, 0.2) is 24.3 Å². The maximum Gasteiger partial charge on any atom is 0.236 e. The number of rotatable bonds is 8. The van der Waals surface area contributed by atoms with Crippen molar-refractivity contribution in [1.82, 2.24) is 14.7 Å². The Balaban J connectivity index is 2.59. The summed E-state index contributed by atoms with van der Waals surface area (Å²) in [6.07, 6.45) is 0. The second-order valence-corrected chi connectivity index (χ2v) is 6.41. The van der Waals surface area contributed by atoms with E-state index in [1.807, 2.05) is 45.0 Å². The van der Waals surface area contributed by atoms with Crippen molar-refractivity contribution in [3.8, 4) is 0 Å². The lowest BCUT2D eigenvalue weighted by Gasteiger charge is -2.28. The minimum absolute atomic E-state index is 0.0210. The number of hydrogen-bond donors (Lipinski definition) is 0. The van der Waals surface area contributed by atoms with E-state index in [0.717, 1.165) is 5.56 Å². The number of amides is 2. The first-order chi connectivity index (χ1) is 11.3. The lowest BCUT2D eigenvalue weighted by molar-refractivity contribution is -0.135. The lowest BCUT2D eigenvalue weighted by Crippen LogP contribution is -2.43. The van der Waals surface area contributed by atoms with Crippen molar-refractivity contribution in [3.05, 3.63) is 34.9 Å². The molecule has 0 saturated heterocycles. The first-order valence-corrected chi connectivity index (χ1v) is 8.65. The third kappa shape index (κ3) is 5.80. The lowest BCUT2D eigenvalue weighted by atomic mass is 10.1. The van der Waals surface area contributed by atoms with Gasteiger partial charge < -0.3 is 9.80 Å². The van der Waals surface area contributed by atoms with Crippen molar-refractivity contribution in [2.45, 2.75) is 26.8 Å². The van der Waals surface area contributed by atoms with Crippen LogP contribution in [0.2, 0.25) is 5.02 Å². The molecule has 0 spiro atoms. The number of hydrogen-bond acceptors (Lipinski definition) is 3. The summed E-state index contributed by atoms with van der Waals surface area (Å²) in [7, 11) is 3.57. The van der Waals surface area contributed by atoms with E-state index in [2.05, 4.69) is 0 Å². The van der Waals surface area contributed by atoms with Crippen molar-refractivity contribution < 1.29 is 9.59 Å². The van der Waals surface area contributed by atoms with Gasteiger partial charge in [0.05, 0.1) is 19.1 Å². The highest BCUT2D eigenvalue weighted by Gasteiger charge is 2.20. The number of likely N-dealkylation sites (N-methyl/N-ethyl adjacent to an activating group) is 3. The van der Waals surface area contributed by atoms with E-state index in [0.29, 0.717) is 18.1 Å². The van der Waals surface area contributed by atoms with Crippen LogP contribution in [0.1, 0.15) is 32.4 Å². The van der Waals surface area contributed by atoms with Crippen molar-refractivity contribution in [2.75, 3.05) is 40.3 Å². The summed E-state index contributed by atoms with van der Waals surface area (Å²) in [5, 5.41) is 0.676. The zero-order chi connectivity index (χ0) is 18.3. The molecule has 1 aromatic carbocycles. The molecule has 0 bridgehead atoms. The number of carbonyl (C=O) groups excluding carboxylic acids is 2. The van der Waals surface area contributed by atoms with Crippen molar-refractivity contribution in [3.63, 3.8) is 0 Å². The first-order valence-electron chi connectivity index (χ1n) is 8.27. The molecule has 0 heterocycles. The molecule has 0 radical (unpaired) electrons. The van der Waals surface area contributed by atoms with Gasteiger partial charge in [-0.25, -0.2) is 0 Å². The minimum atomic E-state index is -0.0540. The summed E-state index contributed by atoms with van der Waals surface area (Å²) in [6.45, 7) is 7.71. The van der Waals surface area contributed by atoms with E-state index in [-0.39, 0.29) is 30.9 Å². The summed E-state index contributed by atoms with van der Waals surface area (Å²) >= 11 is 5.90. The molecule has 1 atom stereocenters. The predicted octanol–water partition coefficient (Wildman–Crippen LogP) is 2.66. The molecule has 0 N–H and O–H groups in total. The third-order valence-corrected chi connectivity index (χ3v) is 4.51. The summed E-state index contributed by atoms with van der Waals surface area (Å²) in [6, 6.07) is 7.43. The van der Waals surface area contributed by atoms with Crippen LogP contribution in [-0.4, -0.2) is 66.8 Å². The molecule has 24 heavy (non-hydrogen) atoms. The van der Waals surface area contributed by atoms with Crippen LogP contribution >= 0.6 is 11.6 Å². The zero-order valence-electron chi connectivity index (χ0n) is 15.3. The van der Waals surface area contributed by atoms with Gasteiger partial charge in [0.2, 0.25) is 11.8 Å². The van der Waals surface area contributed by atoms with Gasteiger partial charge in [-0.15, -0.1) is 0 Å². The number of carbonyl (C=O) groups is 2. The molecule has 0 aliphatic rings. The Hall–Kier alpha value is -1.59. The normalized spacial score (nSPS) is 12.1. The summed E-state index contributed by atoms with van der Waals surface area (Å²) in [4.78, 5) is 29.8. The Kier molecular flexibility index (Phi) is 8.22. The molecule has 1 rings (SSSR count). The van der Waals surface area contributed by atoms with E-state index in [1.54, 1.807) is 28.8 Å². The largest absolute Gasteiger partial charge is 0.342 e. The fourth-order valence-electron chi connectivity index (χ4n) is 2.49. The van der Waals surface area contributed by atoms with Crippen molar-refractivity contribution in [2.24, 2.45) is 0 Å². The van der Waals surface area contributed by atoms with Gasteiger partial charge in [-0.05, 0) is 45.5 Å². The smallest absolute Gasteiger partial charge is 0.236 e. The number of halogens is 1. The van der Waals surface area contributed by atoms with Crippen LogP contribution in [0.4, 0.5) is 0 Å². The molecule has 6 heteroatoms. The highest BCUT2D eigenvalue weighted by Crippen LogP contribution is 2.20. The predicted molar refractivity (Wildman–Crippen MR) is 98.1 cm³/mol. The van der Waals surface area contributed by atoms with Crippen LogP contribution in [0.25, 0.3) is 0 Å². The highest BCUT2D eigenvalue weighted by molar-refractivity contribution is 6.30. The average Bonchev–Trinajstić information content (AvgIpc) is 2.55. The molecule has 0 saturated carbocycles. The topological polar surface area (TPSA) is 43.9 Å². The third-order valence-electron chi connectivity index (χ3n) is 4.25. The van der Waals surface area contributed by atoms with Gasteiger partial charge in [0, 0.05) is 25.2 Å². The Morgan fingerprint density at radius 3 is 2.00 bits per heavy atom. The second-order valence-electron chi connectivity index (χ2n) is 5.97. The van der Waals surface area contributed by atoms with Crippen LogP contribution in [-0.2, 0) is 9.59 Å². The van der Waals surface area contributed by atoms with Gasteiger partial charge in [0.1, 0.15) is 0 Å². The SMILES string of the molecule is CCN(CC)C(=O)CN(C)CC(=O)N(C)C(C)c1ccc(Cl)cc1. The van der Waals surface area contributed by atoms with Crippen LogP contribution in [0.5, 0.6) is 0 Å². The van der Waals surface area contributed by atoms with Gasteiger partial charge in [0.25, 0.3) is 0 Å². The standard InChI is InChI=1S/C18H28ClN3O2/c1-6-22(7-2)18(24)13-20(4)12-17(23)21(5)14(3)15-8-10-16(19)11-9-15/h8-11,14H,6-7,12-13H2,1-5H3. The number of nitrogens with zero attached hydrogens (tertiary/aromatic N) is 3. The molecule has 0 aliphatic heterocycles. The van der Waals surface area contributed by atoms with Gasteiger partial charge in [0.15, 0.2) is 0 Å². The Morgan fingerprint density at radius 2 is 1.50 bits per heavy atom. The van der Waals surface area contributed by atoms with Crippen molar-refractivity contribution in [1.29, 1.82) is 0 Å². The van der Waals surface area contributed by atoms with E-state index in [1.165, 1.54) is 0 Å². The van der Waals surface area contributed by atoms with Gasteiger partial charge in [-0.1, -0.05) is 23.7 Å². The molecule has 5 nitrogen and oxygen atoms in total. The summed E-state index contributed by atoms with van der Waals surface area (Å²) < 4.78 is 0.